The molecular weight excluding hydrogens is 236 g/mol. The average molecular weight is 250 g/mol. The van der Waals surface area contributed by atoms with Crippen molar-refractivity contribution in [3.8, 4) is 6.07 Å². The van der Waals surface area contributed by atoms with E-state index in [4.69, 9.17) is 5.26 Å². The second-order valence-corrected chi connectivity index (χ2v) is 5.54. The highest BCUT2D eigenvalue weighted by atomic mass is 32.2. The molecule has 1 aromatic carbocycles. The van der Waals surface area contributed by atoms with Gasteiger partial charge in [0.1, 0.15) is 6.07 Å². The number of rotatable bonds is 4. The van der Waals surface area contributed by atoms with Crippen molar-refractivity contribution in [2.75, 3.05) is 0 Å². The number of hydrogen-bond acceptors (Lipinski definition) is 4. The van der Waals surface area contributed by atoms with Crippen molar-refractivity contribution in [3.05, 3.63) is 33.9 Å². The number of non-ortho nitro benzene ring substituents is 1. The van der Waals surface area contributed by atoms with Crippen molar-refractivity contribution in [1.82, 2.24) is 0 Å². The van der Waals surface area contributed by atoms with Gasteiger partial charge in [-0.1, -0.05) is 20.8 Å². The maximum atomic E-state index is 10.6. The Bertz CT molecular complexity index is 466. The first-order valence-corrected chi connectivity index (χ1v) is 6.19. The number of nitrogens with zero attached hydrogens (tertiary/aromatic N) is 2. The number of benzene rings is 1. The van der Waals surface area contributed by atoms with Crippen LogP contribution in [-0.4, -0.2) is 10.2 Å². The van der Waals surface area contributed by atoms with Gasteiger partial charge in [0, 0.05) is 22.3 Å². The van der Waals surface area contributed by atoms with Crippen LogP contribution in [-0.2, 0) is 0 Å². The van der Waals surface area contributed by atoms with Crippen LogP contribution < -0.4 is 0 Å². The molecule has 0 fully saturated rings. The number of nitriles is 1. The minimum atomic E-state index is -0.485. The van der Waals surface area contributed by atoms with Crippen LogP contribution in [0.2, 0.25) is 0 Å². The van der Waals surface area contributed by atoms with Gasteiger partial charge in [-0.25, -0.2) is 0 Å². The molecule has 1 atom stereocenters. The lowest BCUT2D eigenvalue weighted by Gasteiger charge is -2.15. The van der Waals surface area contributed by atoms with Crippen LogP contribution in [0, 0.1) is 27.4 Å². The zero-order valence-corrected chi connectivity index (χ0v) is 10.8. The van der Waals surface area contributed by atoms with E-state index in [9.17, 15) is 10.1 Å². The van der Waals surface area contributed by atoms with E-state index in [0.29, 0.717) is 16.7 Å². The van der Waals surface area contributed by atoms with Crippen molar-refractivity contribution in [3.63, 3.8) is 0 Å². The third kappa shape index (κ3) is 3.46. The fourth-order valence-electron chi connectivity index (χ4n) is 1.16. The molecule has 1 rings (SSSR count). The standard InChI is InChI=1S/C12H14N2O2S/c1-8(2)9(3)17-12-5-4-11(14(15)16)6-10(12)7-13/h4-6,8-9H,1-3H3. The Morgan fingerprint density at radius 3 is 2.53 bits per heavy atom. The van der Waals surface area contributed by atoms with Crippen molar-refractivity contribution < 1.29 is 4.92 Å². The number of nitro groups is 1. The minimum absolute atomic E-state index is 0.0388. The molecule has 0 N–H and O–H groups in total. The van der Waals surface area contributed by atoms with Gasteiger partial charge in [0.25, 0.3) is 5.69 Å². The summed E-state index contributed by atoms with van der Waals surface area (Å²) in [6.07, 6.45) is 0. The van der Waals surface area contributed by atoms with Crippen molar-refractivity contribution in [1.29, 1.82) is 5.26 Å². The Balaban J connectivity index is 3.02. The molecule has 1 unspecified atom stereocenters. The molecule has 1 aromatic rings. The van der Waals surface area contributed by atoms with E-state index >= 15 is 0 Å². The second-order valence-electron chi connectivity index (χ2n) is 4.12. The summed E-state index contributed by atoms with van der Waals surface area (Å²) in [5.41, 5.74) is 0.333. The second kappa shape index (κ2) is 5.69. The van der Waals surface area contributed by atoms with Crippen molar-refractivity contribution in [2.45, 2.75) is 30.9 Å². The number of thioether (sulfide) groups is 1. The summed E-state index contributed by atoms with van der Waals surface area (Å²) < 4.78 is 0. The highest BCUT2D eigenvalue weighted by Gasteiger charge is 2.15. The molecule has 5 heteroatoms. The molecule has 0 saturated heterocycles. The zero-order chi connectivity index (χ0) is 13.0. The molecule has 0 aliphatic carbocycles. The summed E-state index contributed by atoms with van der Waals surface area (Å²) in [5.74, 6) is 0.488. The summed E-state index contributed by atoms with van der Waals surface area (Å²) in [5, 5.41) is 20.0. The van der Waals surface area contributed by atoms with E-state index in [1.165, 1.54) is 12.1 Å². The van der Waals surface area contributed by atoms with Gasteiger partial charge < -0.3 is 0 Å². The van der Waals surface area contributed by atoms with Crippen molar-refractivity contribution >= 4 is 17.4 Å². The van der Waals surface area contributed by atoms with E-state index in [1.54, 1.807) is 17.8 Å². The van der Waals surface area contributed by atoms with E-state index in [2.05, 4.69) is 20.8 Å². The van der Waals surface area contributed by atoms with Crippen LogP contribution in [0.25, 0.3) is 0 Å². The monoisotopic (exact) mass is 250 g/mol. The lowest BCUT2D eigenvalue weighted by atomic mass is 10.2. The molecule has 0 aliphatic rings. The maximum Gasteiger partial charge on any atom is 0.270 e. The summed E-state index contributed by atoms with van der Waals surface area (Å²) in [7, 11) is 0. The van der Waals surface area contributed by atoms with Gasteiger partial charge >= 0.3 is 0 Å². The first-order valence-electron chi connectivity index (χ1n) is 5.31. The average Bonchev–Trinajstić information content (AvgIpc) is 2.28. The molecular formula is C12H14N2O2S. The van der Waals surface area contributed by atoms with Crippen LogP contribution in [0.1, 0.15) is 26.3 Å². The largest absolute Gasteiger partial charge is 0.270 e. The normalized spacial score (nSPS) is 12.2. The molecule has 0 bridgehead atoms. The van der Waals surface area contributed by atoms with E-state index in [1.807, 2.05) is 6.07 Å². The zero-order valence-electron chi connectivity index (χ0n) is 10.0. The molecule has 0 saturated carbocycles. The van der Waals surface area contributed by atoms with Crippen LogP contribution >= 0.6 is 11.8 Å². The number of hydrogen-bond donors (Lipinski definition) is 0. The first-order chi connectivity index (χ1) is 7.95. The van der Waals surface area contributed by atoms with Gasteiger partial charge in [-0.2, -0.15) is 5.26 Å². The molecule has 17 heavy (non-hydrogen) atoms. The Hall–Kier alpha value is -1.54. The van der Waals surface area contributed by atoms with E-state index < -0.39 is 4.92 Å². The van der Waals surface area contributed by atoms with E-state index in [-0.39, 0.29) is 5.69 Å². The lowest BCUT2D eigenvalue weighted by molar-refractivity contribution is -0.384. The topological polar surface area (TPSA) is 66.9 Å². The number of nitro benzene ring substituents is 1. The predicted molar refractivity (Wildman–Crippen MR) is 68.0 cm³/mol. The van der Waals surface area contributed by atoms with Crippen LogP contribution in [0.4, 0.5) is 5.69 Å². The summed E-state index contributed by atoms with van der Waals surface area (Å²) in [4.78, 5) is 10.9. The Morgan fingerprint density at radius 1 is 1.41 bits per heavy atom. The van der Waals surface area contributed by atoms with Gasteiger partial charge in [0.05, 0.1) is 10.5 Å². The fourth-order valence-corrected chi connectivity index (χ4v) is 2.21. The molecule has 0 aliphatic heterocycles. The molecule has 0 amide bonds. The maximum absolute atomic E-state index is 10.6. The van der Waals surface area contributed by atoms with Crippen LogP contribution in [0.5, 0.6) is 0 Å². The molecule has 0 heterocycles. The molecule has 0 aromatic heterocycles. The summed E-state index contributed by atoms with van der Waals surface area (Å²) in [6.45, 7) is 6.29. The summed E-state index contributed by atoms with van der Waals surface area (Å²) >= 11 is 1.58. The van der Waals surface area contributed by atoms with Gasteiger partial charge in [-0.05, 0) is 12.0 Å². The molecule has 4 nitrogen and oxygen atoms in total. The van der Waals surface area contributed by atoms with E-state index in [0.717, 1.165) is 4.90 Å². The Labute approximate surface area is 105 Å². The smallest absolute Gasteiger partial charge is 0.258 e. The van der Waals surface area contributed by atoms with Crippen LogP contribution in [0.15, 0.2) is 23.1 Å². The lowest BCUT2D eigenvalue weighted by Crippen LogP contribution is -2.05. The quantitative estimate of drug-likeness (QED) is 0.465. The highest BCUT2D eigenvalue weighted by molar-refractivity contribution is 8.00. The third-order valence-corrected chi connectivity index (χ3v) is 4.07. The molecule has 0 radical (unpaired) electrons. The fraction of sp³-hybridized carbons (Fsp3) is 0.417. The predicted octanol–water partition coefficient (Wildman–Crippen LogP) is 3.60. The molecule has 90 valence electrons. The minimum Gasteiger partial charge on any atom is -0.258 e. The first kappa shape index (κ1) is 13.5. The van der Waals surface area contributed by atoms with Gasteiger partial charge in [-0.3, -0.25) is 10.1 Å². The van der Waals surface area contributed by atoms with Crippen molar-refractivity contribution in [2.24, 2.45) is 5.92 Å². The van der Waals surface area contributed by atoms with Gasteiger partial charge in [0.15, 0.2) is 0 Å². The Morgan fingerprint density at radius 2 is 2.06 bits per heavy atom. The molecule has 0 spiro atoms. The van der Waals surface area contributed by atoms with Gasteiger partial charge in [-0.15, -0.1) is 11.8 Å². The van der Waals surface area contributed by atoms with Crippen LogP contribution in [0.3, 0.4) is 0 Å². The highest BCUT2D eigenvalue weighted by Crippen LogP contribution is 2.32. The third-order valence-electron chi connectivity index (χ3n) is 2.55. The Kier molecular flexibility index (Phi) is 4.53. The summed E-state index contributed by atoms with van der Waals surface area (Å²) in [6, 6.07) is 6.43. The SMILES string of the molecule is CC(C)C(C)Sc1ccc([N+](=O)[O-])cc1C#N. The van der Waals surface area contributed by atoms with Gasteiger partial charge in [0.2, 0.25) is 0 Å².